The molecule has 0 amide bonds. The highest BCUT2D eigenvalue weighted by atomic mass is 32.2. The normalized spacial score (nSPS) is 17.0. The van der Waals surface area contributed by atoms with E-state index in [0.717, 1.165) is 36.2 Å². The van der Waals surface area contributed by atoms with Crippen molar-refractivity contribution >= 4 is 10.0 Å². The summed E-state index contributed by atoms with van der Waals surface area (Å²) in [6.45, 7) is 5.51. The molecule has 35 heavy (non-hydrogen) atoms. The van der Waals surface area contributed by atoms with E-state index in [9.17, 15) is 8.42 Å². The summed E-state index contributed by atoms with van der Waals surface area (Å²) >= 11 is 0. The second-order valence-corrected chi connectivity index (χ2v) is 10.7. The molecule has 1 heterocycles. The average molecular weight is 495 g/mol. The summed E-state index contributed by atoms with van der Waals surface area (Å²) < 4.78 is 41.0. The van der Waals surface area contributed by atoms with Gasteiger partial charge in [0.25, 0.3) is 0 Å². The Morgan fingerprint density at radius 3 is 2.29 bits per heavy atom. The molecule has 0 aromatic heterocycles. The molecule has 6 nitrogen and oxygen atoms in total. The first-order valence-corrected chi connectivity index (χ1v) is 13.5. The average Bonchev–Trinajstić information content (AvgIpc) is 2.87. The molecule has 1 aliphatic heterocycles. The Morgan fingerprint density at radius 2 is 1.66 bits per heavy atom. The van der Waals surface area contributed by atoms with Gasteiger partial charge >= 0.3 is 0 Å². The summed E-state index contributed by atoms with van der Waals surface area (Å²) in [5.74, 6) is 1.34. The quantitative estimate of drug-likeness (QED) is 0.460. The van der Waals surface area contributed by atoms with Gasteiger partial charge in [-0.3, -0.25) is 4.90 Å². The van der Waals surface area contributed by atoms with E-state index in [1.54, 1.807) is 26.4 Å². The summed E-state index contributed by atoms with van der Waals surface area (Å²) in [6.07, 6.45) is 1.48. The molecule has 0 aliphatic carbocycles. The van der Waals surface area contributed by atoms with Crippen molar-refractivity contribution in [3.63, 3.8) is 0 Å². The molecule has 0 saturated heterocycles. The third kappa shape index (κ3) is 5.53. The molecule has 2 unspecified atom stereocenters. The minimum atomic E-state index is -3.70. The van der Waals surface area contributed by atoms with Crippen molar-refractivity contribution in [2.45, 2.75) is 50.2 Å². The first-order chi connectivity index (χ1) is 16.9. The number of methoxy groups -OCH3 is 2. The maximum atomic E-state index is 13.4. The lowest BCUT2D eigenvalue weighted by atomic mass is 9.86. The van der Waals surface area contributed by atoms with Crippen molar-refractivity contribution in [2.24, 2.45) is 0 Å². The highest BCUT2D eigenvalue weighted by Crippen LogP contribution is 2.41. The zero-order valence-electron chi connectivity index (χ0n) is 20.8. The lowest BCUT2D eigenvalue weighted by Gasteiger charge is -2.42. The summed E-state index contributed by atoms with van der Waals surface area (Å²) in [4.78, 5) is 2.65. The van der Waals surface area contributed by atoms with Crippen LogP contribution in [-0.2, 0) is 23.0 Å². The van der Waals surface area contributed by atoms with E-state index >= 15 is 0 Å². The number of sulfonamides is 1. The lowest BCUT2D eigenvalue weighted by Crippen LogP contribution is -2.48. The predicted octanol–water partition coefficient (Wildman–Crippen LogP) is 4.87. The molecule has 1 N–H and O–H groups in total. The minimum Gasteiger partial charge on any atom is -0.493 e. The predicted molar refractivity (Wildman–Crippen MR) is 138 cm³/mol. The van der Waals surface area contributed by atoms with Gasteiger partial charge in [0.1, 0.15) is 0 Å². The first kappa shape index (κ1) is 25.2. The number of fused-ring (bicyclic) bond motifs is 1. The van der Waals surface area contributed by atoms with Crippen molar-refractivity contribution < 1.29 is 17.9 Å². The molecule has 3 aromatic rings. The van der Waals surface area contributed by atoms with Crippen LogP contribution in [0.1, 0.15) is 41.6 Å². The van der Waals surface area contributed by atoms with Gasteiger partial charge in [-0.2, -0.15) is 0 Å². The molecular formula is C28H34N2O4S. The van der Waals surface area contributed by atoms with Gasteiger partial charge < -0.3 is 9.47 Å². The molecule has 0 fully saturated rings. The van der Waals surface area contributed by atoms with Crippen LogP contribution in [0.15, 0.2) is 71.6 Å². The Bertz CT molecular complexity index is 1240. The first-order valence-electron chi connectivity index (χ1n) is 12.0. The highest BCUT2D eigenvalue weighted by Gasteiger charge is 2.36. The van der Waals surface area contributed by atoms with Crippen molar-refractivity contribution in [2.75, 3.05) is 20.8 Å². The zero-order chi connectivity index (χ0) is 25.0. The fourth-order valence-electron chi connectivity index (χ4n) is 4.85. The van der Waals surface area contributed by atoms with E-state index in [4.69, 9.17) is 9.47 Å². The number of nitrogens with zero attached hydrogens (tertiary/aromatic N) is 1. The number of ether oxygens (including phenoxy) is 2. The highest BCUT2D eigenvalue weighted by molar-refractivity contribution is 7.89. The number of hydrogen-bond acceptors (Lipinski definition) is 5. The van der Waals surface area contributed by atoms with Gasteiger partial charge in [-0.15, -0.1) is 0 Å². The monoisotopic (exact) mass is 494 g/mol. The van der Waals surface area contributed by atoms with Gasteiger partial charge in [-0.25, -0.2) is 13.1 Å². The summed E-state index contributed by atoms with van der Waals surface area (Å²) in [7, 11) is -0.436. The van der Waals surface area contributed by atoms with Crippen LogP contribution in [-0.4, -0.2) is 40.1 Å². The van der Waals surface area contributed by atoms with Gasteiger partial charge in [0.15, 0.2) is 11.5 Å². The molecule has 4 rings (SSSR count). The largest absolute Gasteiger partial charge is 0.493 e. The molecule has 0 spiro atoms. The van der Waals surface area contributed by atoms with E-state index in [0.29, 0.717) is 17.9 Å². The zero-order valence-corrected chi connectivity index (χ0v) is 21.6. The third-order valence-electron chi connectivity index (χ3n) is 6.71. The van der Waals surface area contributed by atoms with Crippen LogP contribution >= 0.6 is 0 Å². The van der Waals surface area contributed by atoms with E-state index in [1.165, 1.54) is 5.56 Å². The molecule has 3 aromatic carbocycles. The molecule has 0 radical (unpaired) electrons. The SMILES string of the molecule is CCC(NS(=O)(=O)c1ccc(C)cc1)C1c2cc(OC)c(OC)cc2CCN1Cc1ccccc1. The van der Waals surface area contributed by atoms with Gasteiger partial charge in [0, 0.05) is 19.1 Å². The van der Waals surface area contributed by atoms with Crippen LogP contribution in [0, 0.1) is 6.92 Å². The molecule has 186 valence electrons. The van der Waals surface area contributed by atoms with Crippen molar-refractivity contribution in [1.82, 2.24) is 9.62 Å². The van der Waals surface area contributed by atoms with E-state index < -0.39 is 10.0 Å². The van der Waals surface area contributed by atoms with E-state index in [-0.39, 0.29) is 17.0 Å². The smallest absolute Gasteiger partial charge is 0.240 e. The fourth-order valence-corrected chi connectivity index (χ4v) is 6.18. The molecule has 0 saturated carbocycles. The lowest BCUT2D eigenvalue weighted by molar-refractivity contribution is 0.143. The van der Waals surface area contributed by atoms with Gasteiger partial charge in [0.05, 0.1) is 25.2 Å². The van der Waals surface area contributed by atoms with Gasteiger partial charge in [0.2, 0.25) is 10.0 Å². The maximum Gasteiger partial charge on any atom is 0.240 e. The number of aryl methyl sites for hydroxylation is 1. The Morgan fingerprint density at radius 1 is 1.00 bits per heavy atom. The minimum absolute atomic E-state index is 0.163. The molecule has 2 atom stereocenters. The van der Waals surface area contributed by atoms with E-state index in [1.807, 2.05) is 56.3 Å². The second-order valence-electron chi connectivity index (χ2n) is 9.01. The number of benzene rings is 3. The van der Waals surface area contributed by atoms with Crippen molar-refractivity contribution in [3.8, 4) is 11.5 Å². The second kappa shape index (κ2) is 10.8. The maximum absolute atomic E-state index is 13.4. The molecule has 1 aliphatic rings. The molecule has 7 heteroatoms. The summed E-state index contributed by atoms with van der Waals surface area (Å²) in [5.41, 5.74) is 4.44. The number of rotatable bonds is 9. The Hall–Kier alpha value is -2.87. The number of nitrogens with one attached hydrogen (secondary N) is 1. The standard InChI is InChI=1S/C28H34N2O4S/c1-5-25(29-35(31,32)23-13-11-20(2)12-14-23)28-24-18-27(34-4)26(33-3)17-22(24)15-16-30(28)19-21-9-7-6-8-10-21/h6-14,17-18,25,28-29H,5,15-16,19H2,1-4H3. The fraction of sp³-hybridized carbons (Fsp3) is 0.357. The van der Waals surface area contributed by atoms with Gasteiger partial charge in [-0.05, 0) is 60.7 Å². The number of hydrogen-bond donors (Lipinski definition) is 1. The Labute approximate surface area is 208 Å². The van der Waals surface area contributed by atoms with Crippen LogP contribution in [0.4, 0.5) is 0 Å². The van der Waals surface area contributed by atoms with Crippen molar-refractivity contribution in [1.29, 1.82) is 0 Å². The van der Waals surface area contributed by atoms with Crippen molar-refractivity contribution in [3.05, 3.63) is 89.0 Å². The third-order valence-corrected chi connectivity index (χ3v) is 8.22. The summed E-state index contributed by atoms with van der Waals surface area (Å²) in [6, 6.07) is 20.8. The Balaban J connectivity index is 1.75. The molecular weight excluding hydrogens is 460 g/mol. The topological polar surface area (TPSA) is 67.9 Å². The summed E-state index contributed by atoms with van der Waals surface area (Å²) in [5, 5.41) is 0. The van der Waals surface area contributed by atoms with Crippen LogP contribution in [0.3, 0.4) is 0 Å². The van der Waals surface area contributed by atoms with E-state index in [2.05, 4.69) is 21.8 Å². The van der Waals surface area contributed by atoms with Crippen LogP contribution in [0.25, 0.3) is 0 Å². The Kier molecular flexibility index (Phi) is 7.79. The van der Waals surface area contributed by atoms with Crippen LogP contribution in [0.5, 0.6) is 11.5 Å². The van der Waals surface area contributed by atoms with Gasteiger partial charge in [-0.1, -0.05) is 55.0 Å². The van der Waals surface area contributed by atoms with Crippen LogP contribution < -0.4 is 14.2 Å². The van der Waals surface area contributed by atoms with Crippen LogP contribution in [0.2, 0.25) is 0 Å². The molecule has 0 bridgehead atoms.